The lowest BCUT2D eigenvalue weighted by molar-refractivity contribution is -0.147. The summed E-state index contributed by atoms with van der Waals surface area (Å²) in [5, 5.41) is 11.6. The van der Waals surface area contributed by atoms with Crippen LogP contribution in [0.5, 0.6) is 0 Å². The highest BCUT2D eigenvalue weighted by Gasteiger charge is 2.27. The molecule has 0 fully saturated rings. The van der Waals surface area contributed by atoms with E-state index in [2.05, 4.69) is 5.18 Å². The van der Waals surface area contributed by atoms with E-state index in [9.17, 15) is 19.3 Å². The molecule has 0 saturated carbocycles. The summed E-state index contributed by atoms with van der Waals surface area (Å²) in [6.07, 6.45) is 12.5. The van der Waals surface area contributed by atoms with Gasteiger partial charge in [0.05, 0.1) is 5.41 Å². The maximum absolute atomic E-state index is 11.9. The molecular weight excluding hydrogens is 370 g/mol. The molecule has 0 radical (unpaired) electrons. The van der Waals surface area contributed by atoms with Crippen molar-refractivity contribution in [3.63, 3.8) is 0 Å². The van der Waals surface area contributed by atoms with Crippen molar-refractivity contribution in [1.82, 2.24) is 0 Å². The minimum atomic E-state index is -0.739. The van der Waals surface area contributed by atoms with E-state index in [0.29, 0.717) is 31.5 Å². The number of aliphatic carboxylic acids is 1. The smallest absolute Gasteiger partial charge is 0.309 e. The minimum absolute atomic E-state index is 0.334. The Labute approximate surface area is 176 Å². The van der Waals surface area contributed by atoms with Gasteiger partial charge in [-0.05, 0) is 39.5 Å². The number of carboxylic acids is 1. The van der Waals surface area contributed by atoms with Gasteiger partial charge in [-0.2, -0.15) is 0 Å². The van der Waals surface area contributed by atoms with Crippen LogP contribution >= 0.6 is 0 Å². The van der Waals surface area contributed by atoms with Gasteiger partial charge >= 0.3 is 5.97 Å². The van der Waals surface area contributed by atoms with E-state index in [-0.39, 0.29) is 0 Å². The Morgan fingerprint density at radius 1 is 0.655 bits per heavy atom. The third-order valence-electron chi connectivity index (χ3n) is 5.76. The van der Waals surface area contributed by atoms with E-state index in [1.807, 2.05) is 0 Å². The average molecular weight is 412 g/mol. The fourth-order valence-corrected chi connectivity index (χ4v) is 3.30. The van der Waals surface area contributed by atoms with Gasteiger partial charge in [0.25, 0.3) is 5.91 Å². The third kappa shape index (κ3) is 13.3. The number of Topliss-reactive ketones (excluding diaryl/α,β-unsaturated/α-hetero) is 1. The quantitative estimate of drug-likeness (QED) is 0.206. The van der Waals surface area contributed by atoms with Crippen LogP contribution in [0.25, 0.3) is 0 Å². The summed E-state index contributed by atoms with van der Waals surface area (Å²) < 4.78 is 0. The zero-order chi connectivity index (χ0) is 22.3. The molecule has 1 amide bonds. The fourth-order valence-electron chi connectivity index (χ4n) is 3.30. The number of nitroso groups, excluding NO2 is 1. The van der Waals surface area contributed by atoms with E-state index >= 15 is 0 Å². The number of rotatable bonds is 18. The van der Waals surface area contributed by atoms with Gasteiger partial charge in [-0.15, -0.1) is 4.91 Å². The van der Waals surface area contributed by atoms with Crippen molar-refractivity contribution in [2.45, 2.75) is 118 Å². The molecule has 0 atom stereocenters. The number of carbonyl (C=O) groups excluding carboxylic acids is 2. The van der Waals surface area contributed by atoms with Gasteiger partial charge in [0, 0.05) is 23.4 Å². The Morgan fingerprint density at radius 2 is 1.03 bits per heavy atom. The van der Waals surface area contributed by atoms with Crippen LogP contribution in [-0.4, -0.2) is 22.8 Å². The van der Waals surface area contributed by atoms with Crippen LogP contribution in [0.4, 0.5) is 0 Å². The van der Waals surface area contributed by atoms with Crippen LogP contribution < -0.4 is 0 Å². The maximum atomic E-state index is 11.9. The van der Waals surface area contributed by atoms with Crippen molar-refractivity contribution in [1.29, 1.82) is 0 Å². The number of amides is 1. The second kappa shape index (κ2) is 14.4. The molecule has 0 spiro atoms. The molecule has 29 heavy (non-hydrogen) atoms. The molecule has 168 valence electrons. The summed E-state index contributed by atoms with van der Waals surface area (Å²) in [7, 11) is 0. The molecule has 6 heteroatoms. The van der Waals surface area contributed by atoms with Crippen molar-refractivity contribution >= 4 is 17.7 Å². The molecule has 0 saturated heterocycles. The number of carboxylic acid groups (broad SMARTS) is 1. The minimum Gasteiger partial charge on any atom is -0.481 e. The maximum Gasteiger partial charge on any atom is 0.309 e. The molecule has 0 unspecified atom stereocenters. The number of ketones is 1. The average Bonchev–Trinajstić information content (AvgIpc) is 2.65. The van der Waals surface area contributed by atoms with Gasteiger partial charge in [0.1, 0.15) is 5.78 Å². The molecule has 0 rings (SSSR count). The number of carbonyl (C=O) groups is 3. The Morgan fingerprint density at radius 3 is 1.45 bits per heavy atom. The first-order chi connectivity index (χ1) is 13.5. The van der Waals surface area contributed by atoms with Crippen molar-refractivity contribution in [2.75, 3.05) is 0 Å². The molecule has 0 aromatic rings. The molecule has 0 heterocycles. The lowest BCUT2D eigenvalue weighted by atomic mass is 9.86. The second-order valence-corrected chi connectivity index (χ2v) is 9.54. The normalized spacial score (nSPS) is 12.0. The van der Waals surface area contributed by atoms with Crippen LogP contribution in [0.15, 0.2) is 5.18 Å². The molecule has 0 aromatic heterocycles. The standard InChI is InChI=1S/C23H41NO5/c1-22(2,20(26)24-29)17-13-9-5-7-11-15-19(25)16-12-8-6-10-14-18-23(3,4)21(27)28/h5-18H2,1-4H3,(H,27,28). The first kappa shape index (κ1) is 27.4. The largest absolute Gasteiger partial charge is 0.481 e. The van der Waals surface area contributed by atoms with Gasteiger partial charge in [-0.25, -0.2) is 0 Å². The molecule has 1 N–H and O–H groups in total. The lowest BCUT2D eigenvalue weighted by Gasteiger charge is -2.18. The van der Waals surface area contributed by atoms with Crippen molar-refractivity contribution in [3.8, 4) is 0 Å². The SMILES string of the molecule is CC(C)(CCCCCCCC(=O)CCCCCCCC(C)(C)C(=O)N=O)C(=O)O. The van der Waals surface area contributed by atoms with Crippen LogP contribution in [-0.2, 0) is 14.4 Å². The van der Waals surface area contributed by atoms with E-state index in [1.165, 1.54) is 0 Å². The molecular formula is C23H41NO5. The Hall–Kier alpha value is -1.59. The molecule has 0 bridgehead atoms. The molecule has 0 aliphatic rings. The van der Waals surface area contributed by atoms with E-state index in [4.69, 9.17) is 5.11 Å². The van der Waals surface area contributed by atoms with Gasteiger partial charge in [-0.1, -0.05) is 65.2 Å². The summed E-state index contributed by atoms with van der Waals surface area (Å²) in [4.78, 5) is 44.7. The number of hydrogen-bond donors (Lipinski definition) is 1. The van der Waals surface area contributed by atoms with Crippen molar-refractivity contribution < 1.29 is 19.5 Å². The summed E-state index contributed by atoms with van der Waals surface area (Å²) in [6, 6.07) is 0. The lowest BCUT2D eigenvalue weighted by Crippen LogP contribution is -2.23. The molecule has 6 nitrogen and oxygen atoms in total. The highest BCUT2D eigenvalue weighted by molar-refractivity contribution is 5.82. The van der Waals surface area contributed by atoms with Crippen LogP contribution in [0.2, 0.25) is 0 Å². The third-order valence-corrected chi connectivity index (χ3v) is 5.76. The van der Waals surface area contributed by atoms with E-state index in [1.54, 1.807) is 27.7 Å². The first-order valence-electron chi connectivity index (χ1n) is 11.2. The topological polar surface area (TPSA) is 101 Å². The van der Waals surface area contributed by atoms with Crippen molar-refractivity contribution in [3.05, 3.63) is 4.91 Å². The number of nitrogens with zero attached hydrogens (tertiary/aromatic N) is 1. The Bertz CT molecular complexity index is 525. The van der Waals surface area contributed by atoms with Gasteiger partial charge < -0.3 is 5.11 Å². The first-order valence-corrected chi connectivity index (χ1v) is 11.2. The van der Waals surface area contributed by atoms with Crippen molar-refractivity contribution in [2.24, 2.45) is 16.0 Å². The van der Waals surface area contributed by atoms with Gasteiger partial charge in [-0.3, -0.25) is 14.4 Å². The van der Waals surface area contributed by atoms with Gasteiger partial charge in [0.2, 0.25) is 0 Å². The van der Waals surface area contributed by atoms with Crippen LogP contribution in [0.1, 0.15) is 118 Å². The van der Waals surface area contributed by atoms with Gasteiger partial charge in [0.15, 0.2) is 0 Å². The highest BCUT2D eigenvalue weighted by atomic mass is 16.4. The zero-order valence-electron chi connectivity index (χ0n) is 18.9. The summed E-state index contributed by atoms with van der Waals surface area (Å²) in [6.45, 7) is 7.04. The Balaban J connectivity index is 3.54. The van der Waals surface area contributed by atoms with Crippen LogP contribution in [0, 0.1) is 15.7 Å². The monoisotopic (exact) mass is 411 g/mol. The molecule has 0 aliphatic carbocycles. The van der Waals surface area contributed by atoms with E-state index in [0.717, 1.165) is 64.2 Å². The summed E-state index contributed by atoms with van der Waals surface area (Å²) >= 11 is 0. The predicted octanol–water partition coefficient (Wildman–Crippen LogP) is 6.45. The summed E-state index contributed by atoms with van der Waals surface area (Å²) in [5.41, 5.74) is -1.31. The van der Waals surface area contributed by atoms with E-state index < -0.39 is 22.7 Å². The van der Waals surface area contributed by atoms with Crippen LogP contribution in [0.3, 0.4) is 0 Å². The number of unbranched alkanes of at least 4 members (excludes halogenated alkanes) is 8. The highest BCUT2D eigenvalue weighted by Crippen LogP contribution is 2.26. The Kier molecular flexibility index (Phi) is 13.6. The molecule has 0 aliphatic heterocycles. The summed E-state index contributed by atoms with van der Waals surface area (Å²) in [5.74, 6) is -0.981. The predicted molar refractivity (Wildman–Crippen MR) is 116 cm³/mol. The second-order valence-electron chi connectivity index (χ2n) is 9.54. The zero-order valence-corrected chi connectivity index (χ0v) is 18.9. The molecule has 0 aromatic carbocycles. The number of hydrogen-bond acceptors (Lipinski definition) is 4. The fraction of sp³-hybridized carbons (Fsp3) is 0.870.